The Balaban J connectivity index is 1.90. The van der Waals surface area contributed by atoms with Crippen LogP contribution in [-0.4, -0.2) is 21.7 Å². The van der Waals surface area contributed by atoms with E-state index in [1.54, 1.807) is 0 Å². The van der Waals surface area contributed by atoms with Crippen LogP contribution >= 0.6 is 0 Å². The fraction of sp³-hybridized carbons (Fsp3) is 0.385. The summed E-state index contributed by atoms with van der Waals surface area (Å²) in [5, 5.41) is 7.09. The molecule has 2 aromatic rings. The number of nitrogens with zero attached hydrogens (tertiary/aromatic N) is 2. The molecule has 0 aliphatic rings. The molecule has 90 valence electrons. The van der Waals surface area contributed by atoms with Gasteiger partial charge in [0.2, 0.25) is 0 Å². The first kappa shape index (κ1) is 11.8. The molecule has 4 heteroatoms. The lowest BCUT2D eigenvalue weighted by Gasteiger charge is -1.99. The maximum absolute atomic E-state index is 5.46. The summed E-state index contributed by atoms with van der Waals surface area (Å²) in [5.41, 5.74) is 8.07. The first-order valence-electron chi connectivity index (χ1n) is 5.93. The SMILES string of the molecule is Cc1ccc(CCc2n[nH]c(CCN)n2)cc1. The van der Waals surface area contributed by atoms with E-state index >= 15 is 0 Å². The molecule has 4 nitrogen and oxygen atoms in total. The number of aromatic amines is 1. The van der Waals surface area contributed by atoms with E-state index in [1.165, 1.54) is 11.1 Å². The summed E-state index contributed by atoms with van der Waals surface area (Å²) in [6, 6.07) is 8.58. The van der Waals surface area contributed by atoms with Crippen molar-refractivity contribution >= 4 is 0 Å². The molecule has 3 N–H and O–H groups in total. The first-order chi connectivity index (χ1) is 8.28. The molecule has 0 atom stereocenters. The fourth-order valence-electron chi connectivity index (χ4n) is 1.71. The van der Waals surface area contributed by atoms with E-state index in [-0.39, 0.29) is 0 Å². The highest BCUT2D eigenvalue weighted by atomic mass is 15.2. The Morgan fingerprint density at radius 1 is 1.12 bits per heavy atom. The van der Waals surface area contributed by atoms with Crippen LogP contribution in [0.1, 0.15) is 22.8 Å². The number of benzene rings is 1. The number of aromatic nitrogens is 3. The van der Waals surface area contributed by atoms with Crippen LogP contribution in [0.4, 0.5) is 0 Å². The topological polar surface area (TPSA) is 67.6 Å². The predicted molar refractivity (Wildman–Crippen MR) is 67.7 cm³/mol. The van der Waals surface area contributed by atoms with Crippen LogP contribution in [0, 0.1) is 6.92 Å². The lowest BCUT2D eigenvalue weighted by atomic mass is 10.1. The first-order valence-corrected chi connectivity index (χ1v) is 5.93. The number of hydrogen-bond acceptors (Lipinski definition) is 3. The van der Waals surface area contributed by atoms with Crippen molar-refractivity contribution in [1.29, 1.82) is 0 Å². The quantitative estimate of drug-likeness (QED) is 0.815. The number of aryl methyl sites for hydroxylation is 3. The maximum Gasteiger partial charge on any atom is 0.151 e. The third-order valence-electron chi connectivity index (χ3n) is 2.72. The van der Waals surface area contributed by atoms with E-state index in [9.17, 15) is 0 Å². The molecule has 0 unspecified atom stereocenters. The van der Waals surface area contributed by atoms with Crippen molar-refractivity contribution in [2.75, 3.05) is 6.54 Å². The zero-order chi connectivity index (χ0) is 12.1. The van der Waals surface area contributed by atoms with E-state index in [0.29, 0.717) is 6.54 Å². The van der Waals surface area contributed by atoms with Crippen molar-refractivity contribution in [3.63, 3.8) is 0 Å². The summed E-state index contributed by atoms with van der Waals surface area (Å²) in [7, 11) is 0. The van der Waals surface area contributed by atoms with Gasteiger partial charge in [-0.1, -0.05) is 29.8 Å². The molecule has 0 bridgehead atoms. The minimum absolute atomic E-state index is 0.604. The molecule has 1 heterocycles. The Morgan fingerprint density at radius 3 is 2.59 bits per heavy atom. The third-order valence-corrected chi connectivity index (χ3v) is 2.72. The van der Waals surface area contributed by atoms with Gasteiger partial charge in [-0.05, 0) is 25.5 Å². The van der Waals surface area contributed by atoms with Gasteiger partial charge in [0.25, 0.3) is 0 Å². The zero-order valence-corrected chi connectivity index (χ0v) is 10.1. The number of nitrogens with one attached hydrogen (secondary N) is 1. The number of H-pyrrole nitrogens is 1. The second-order valence-corrected chi connectivity index (χ2v) is 4.22. The molecule has 0 aliphatic carbocycles. The molecule has 1 aromatic heterocycles. The Labute approximate surface area is 101 Å². The molecule has 0 amide bonds. The molecule has 0 spiro atoms. The van der Waals surface area contributed by atoms with Crippen LogP contribution in [-0.2, 0) is 19.3 Å². The van der Waals surface area contributed by atoms with Gasteiger partial charge >= 0.3 is 0 Å². The fourth-order valence-corrected chi connectivity index (χ4v) is 1.71. The summed E-state index contributed by atoms with van der Waals surface area (Å²) < 4.78 is 0. The van der Waals surface area contributed by atoms with Gasteiger partial charge in [-0.2, -0.15) is 5.10 Å². The summed E-state index contributed by atoms with van der Waals surface area (Å²) in [6.45, 7) is 2.70. The third kappa shape index (κ3) is 3.39. The van der Waals surface area contributed by atoms with E-state index in [4.69, 9.17) is 5.73 Å². The van der Waals surface area contributed by atoms with Crippen LogP contribution < -0.4 is 5.73 Å². The average Bonchev–Trinajstić information content (AvgIpc) is 2.77. The standard InChI is InChI=1S/C13H18N4/c1-10-2-4-11(5-3-10)6-7-12-15-13(8-9-14)17-16-12/h2-5H,6-9,14H2,1H3,(H,15,16,17). The lowest BCUT2D eigenvalue weighted by molar-refractivity contribution is 0.864. The monoisotopic (exact) mass is 230 g/mol. The van der Waals surface area contributed by atoms with Crippen molar-refractivity contribution in [2.45, 2.75) is 26.2 Å². The lowest BCUT2D eigenvalue weighted by Crippen LogP contribution is -2.04. The van der Waals surface area contributed by atoms with Gasteiger partial charge in [0.15, 0.2) is 5.82 Å². The van der Waals surface area contributed by atoms with Crippen LogP contribution in [0.2, 0.25) is 0 Å². The highest BCUT2D eigenvalue weighted by molar-refractivity contribution is 5.21. The molecule has 0 fully saturated rings. The van der Waals surface area contributed by atoms with Crippen molar-refractivity contribution in [2.24, 2.45) is 5.73 Å². The summed E-state index contributed by atoms with van der Waals surface area (Å²) in [6.07, 6.45) is 2.60. The maximum atomic E-state index is 5.46. The van der Waals surface area contributed by atoms with Crippen LogP contribution in [0.25, 0.3) is 0 Å². The summed E-state index contributed by atoms with van der Waals surface area (Å²) in [4.78, 5) is 4.39. The van der Waals surface area contributed by atoms with Crippen molar-refractivity contribution in [3.8, 4) is 0 Å². The molecular weight excluding hydrogens is 212 g/mol. The van der Waals surface area contributed by atoms with Gasteiger partial charge in [0, 0.05) is 12.8 Å². The van der Waals surface area contributed by atoms with Gasteiger partial charge in [-0.25, -0.2) is 4.98 Å². The summed E-state index contributed by atoms with van der Waals surface area (Å²) in [5.74, 6) is 1.75. The zero-order valence-electron chi connectivity index (χ0n) is 10.1. The molecule has 0 radical (unpaired) electrons. The van der Waals surface area contributed by atoms with Crippen LogP contribution in [0.15, 0.2) is 24.3 Å². The van der Waals surface area contributed by atoms with Crippen LogP contribution in [0.5, 0.6) is 0 Å². The highest BCUT2D eigenvalue weighted by Gasteiger charge is 2.02. The number of rotatable bonds is 5. The van der Waals surface area contributed by atoms with Crippen LogP contribution in [0.3, 0.4) is 0 Å². The Kier molecular flexibility index (Phi) is 3.88. The van der Waals surface area contributed by atoms with Crippen molar-refractivity contribution < 1.29 is 0 Å². The van der Waals surface area contributed by atoms with Gasteiger partial charge in [0.05, 0.1) is 0 Å². The second-order valence-electron chi connectivity index (χ2n) is 4.22. The minimum atomic E-state index is 0.604. The van der Waals surface area contributed by atoms with Crippen molar-refractivity contribution in [1.82, 2.24) is 15.2 Å². The van der Waals surface area contributed by atoms with Gasteiger partial charge in [-0.15, -0.1) is 0 Å². The molecule has 2 rings (SSSR count). The highest BCUT2D eigenvalue weighted by Crippen LogP contribution is 2.06. The molecule has 0 aliphatic heterocycles. The van der Waals surface area contributed by atoms with Crippen molar-refractivity contribution in [3.05, 3.63) is 47.0 Å². The molecule has 0 saturated carbocycles. The Morgan fingerprint density at radius 2 is 1.88 bits per heavy atom. The largest absolute Gasteiger partial charge is 0.330 e. The smallest absolute Gasteiger partial charge is 0.151 e. The summed E-state index contributed by atoms with van der Waals surface area (Å²) >= 11 is 0. The number of hydrogen-bond donors (Lipinski definition) is 2. The van der Waals surface area contributed by atoms with E-state index in [1.807, 2.05) is 0 Å². The minimum Gasteiger partial charge on any atom is -0.330 e. The van der Waals surface area contributed by atoms with Gasteiger partial charge < -0.3 is 5.73 Å². The number of nitrogens with two attached hydrogens (primary N) is 1. The normalized spacial score (nSPS) is 10.7. The molecular formula is C13H18N4. The Hall–Kier alpha value is -1.68. The average molecular weight is 230 g/mol. The molecule has 1 aromatic carbocycles. The van der Waals surface area contributed by atoms with Gasteiger partial charge in [0.1, 0.15) is 5.82 Å². The second kappa shape index (κ2) is 5.59. The van der Waals surface area contributed by atoms with E-state index in [2.05, 4.69) is 46.4 Å². The van der Waals surface area contributed by atoms with Gasteiger partial charge in [-0.3, -0.25) is 5.10 Å². The van der Waals surface area contributed by atoms with E-state index < -0.39 is 0 Å². The Bertz CT molecular complexity index is 459. The molecule has 0 saturated heterocycles. The predicted octanol–water partition coefficient (Wildman–Crippen LogP) is 1.40. The van der Waals surface area contributed by atoms with E-state index in [0.717, 1.165) is 30.9 Å². The molecule has 17 heavy (non-hydrogen) atoms.